The number of hydrogen-bond acceptors (Lipinski definition) is 3. The minimum atomic E-state index is -3.51. The molecule has 0 radical (unpaired) electrons. The number of benzene rings is 1. The van der Waals surface area contributed by atoms with Crippen LogP contribution >= 0.6 is 11.6 Å². The highest BCUT2D eigenvalue weighted by Gasteiger charge is 2.46. The first-order valence-electron chi connectivity index (χ1n) is 6.01. The Bertz CT molecular complexity index is 616. The molecule has 0 aliphatic heterocycles. The summed E-state index contributed by atoms with van der Waals surface area (Å²) in [7, 11) is -3.51. The molecule has 0 heterocycles. The van der Waals surface area contributed by atoms with E-state index in [4.69, 9.17) is 11.6 Å². The zero-order valence-electron chi connectivity index (χ0n) is 10.5. The van der Waals surface area contributed by atoms with Crippen LogP contribution in [0.25, 0.3) is 0 Å². The molecule has 1 aliphatic carbocycles. The Morgan fingerprint density at radius 2 is 1.89 bits per heavy atom. The maximum atomic E-state index is 11.9. The largest absolute Gasteiger partial charge is 0.481 e. The summed E-state index contributed by atoms with van der Waals surface area (Å²) in [6, 6.07) is 4.51. The maximum absolute atomic E-state index is 11.9. The molecule has 104 valence electrons. The van der Waals surface area contributed by atoms with E-state index in [0.717, 1.165) is 19.1 Å². The lowest BCUT2D eigenvalue weighted by molar-refractivity contribution is -0.143. The Hall–Kier alpha value is -1.07. The molecule has 0 saturated heterocycles. The van der Waals surface area contributed by atoms with Crippen LogP contribution in [-0.4, -0.2) is 25.7 Å². The predicted molar refractivity (Wildman–Crippen MR) is 72.3 cm³/mol. The van der Waals surface area contributed by atoms with Crippen LogP contribution in [-0.2, 0) is 20.0 Å². The zero-order chi connectivity index (χ0) is 14.3. The van der Waals surface area contributed by atoms with Crippen LogP contribution in [0.2, 0.25) is 5.02 Å². The normalized spacial score (nSPS) is 18.4. The molecule has 2 rings (SSSR count). The minimum Gasteiger partial charge on any atom is -0.481 e. The molecule has 1 fully saturated rings. The monoisotopic (exact) mass is 302 g/mol. The number of rotatable bonds is 3. The first-order chi connectivity index (χ1) is 8.79. The molecule has 1 aliphatic rings. The van der Waals surface area contributed by atoms with Gasteiger partial charge in [0.15, 0.2) is 9.84 Å². The van der Waals surface area contributed by atoms with Crippen molar-refractivity contribution in [1.82, 2.24) is 0 Å². The van der Waals surface area contributed by atoms with E-state index >= 15 is 0 Å². The average Bonchev–Trinajstić information content (AvgIpc) is 2.77. The number of aliphatic carboxylic acids is 1. The van der Waals surface area contributed by atoms with E-state index in [9.17, 15) is 18.3 Å². The van der Waals surface area contributed by atoms with Crippen molar-refractivity contribution in [3.8, 4) is 0 Å². The van der Waals surface area contributed by atoms with Crippen molar-refractivity contribution >= 4 is 27.4 Å². The lowest BCUT2D eigenvalue weighted by atomic mass is 9.79. The van der Waals surface area contributed by atoms with Crippen LogP contribution < -0.4 is 0 Å². The third-order valence-electron chi connectivity index (χ3n) is 3.72. The zero-order valence-corrected chi connectivity index (χ0v) is 12.1. The molecule has 0 amide bonds. The van der Waals surface area contributed by atoms with Crippen molar-refractivity contribution in [2.75, 3.05) is 6.26 Å². The number of hydrogen-bond donors (Lipinski definition) is 1. The summed E-state index contributed by atoms with van der Waals surface area (Å²) >= 11 is 6.12. The Morgan fingerprint density at radius 1 is 1.32 bits per heavy atom. The van der Waals surface area contributed by atoms with Crippen molar-refractivity contribution in [2.45, 2.75) is 36.0 Å². The van der Waals surface area contributed by atoms with Gasteiger partial charge >= 0.3 is 5.97 Å². The van der Waals surface area contributed by atoms with Gasteiger partial charge in [0.1, 0.15) is 0 Å². The Kier molecular flexibility index (Phi) is 3.62. The second-order valence-electron chi connectivity index (χ2n) is 4.98. The molecular formula is C13H15ClO4S. The van der Waals surface area contributed by atoms with Crippen molar-refractivity contribution in [3.05, 3.63) is 28.8 Å². The van der Waals surface area contributed by atoms with E-state index in [0.29, 0.717) is 12.8 Å². The van der Waals surface area contributed by atoms with E-state index in [1.807, 2.05) is 0 Å². The molecule has 0 unspecified atom stereocenters. The van der Waals surface area contributed by atoms with Crippen LogP contribution in [0.5, 0.6) is 0 Å². The topological polar surface area (TPSA) is 71.4 Å². The summed E-state index contributed by atoms with van der Waals surface area (Å²) in [5.74, 6) is -0.997. The van der Waals surface area contributed by atoms with E-state index in [-0.39, 0.29) is 15.5 Å². The van der Waals surface area contributed by atoms with E-state index in [1.165, 1.54) is 12.1 Å². The van der Waals surface area contributed by atoms with Crippen LogP contribution in [0.4, 0.5) is 0 Å². The van der Waals surface area contributed by atoms with Gasteiger partial charge < -0.3 is 5.11 Å². The molecule has 0 bridgehead atoms. The van der Waals surface area contributed by atoms with Gasteiger partial charge in [-0.25, -0.2) is 8.42 Å². The summed E-state index contributed by atoms with van der Waals surface area (Å²) in [5.41, 5.74) is -0.916. The molecular weight excluding hydrogens is 288 g/mol. The van der Waals surface area contributed by atoms with Gasteiger partial charge in [0.25, 0.3) is 0 Å². The van der Waals surface area contributed by atoms with Crippen LogP contribution in [0, 0.1) is 0 Å². The highest BCUT2D eigenvalue weighted by Crippen LogP contribution is 2.46. The molecule has 0 spiro atoms. The fraction of sp³-hybridized carbons (Fsp3) is 0.462. The van der Waals surface area contributed by atoms with E-state index in [1.54, 1.807) is 6.07 Å². The molecule has 0 atom stereocenters. The van der Waals surface area contributed by atoms with Crippen LogP contribution in [0.15, 0.2) is 23.1 Å². The average molecular weight is 303 g/mol. The standard InChI is InChI=1S/C13H15ClO4S/c1-19(17,18)10-6-4-5-9(14)11(10)13(12(15)16)7-2-3-8-13/h4-6H,2-3,7-8H2,1H3,(H,15,16). The van der Waals surface area contributed by atoms with Gasteiger partial charge in [0.2, 0.25) is 0 Å². The fourth-order valence-corrected chi connectivity index (χ4v) is 4.24. The van der Waals surface area contributed by atoms with E-state index in [2.05, 4.69) is 0 Å². The lowest BCUT2D eigenvalue weighted by Gasteiger charge is -2.27. The summed E-state index contributed by atoms with van der Waals surface area (Å²) in [5, 5.41) is 9.79. The number of sulfone groups is 1. The Labute approximate surface area is 117 Å². The Morgan fingerprint density at radius 3 is 2.37 bits per heavy atom. The highest BCUT2D eigenvalue weighted by atomic mass is 35.5. The fourth-order valence-electron chi connectivity index (χ4n) is 2.83. The molecule has 1 aromatic carbocycles. The van der Waals surface area contributed by atoms with Crippen molar-refractivity contribution in [1.29, 1.82) is 0 Å². The molecule has 1 saturated carbocycles. The predicted octanol–water partition coefficient (Wildman–Crippen LogP) is 2.64. The van der Waals surface area contributed by atoms with Gasteiger partial charge in [-0.3, -0.25) is 4.79 Å². The number of halogens is 1. The number of carboxylic acids is 1. The van der Waals surface area contributed by atoms with Crippen molar-refractivity contribution < 1.29 is 18.3 Å². The first-order valence-corrected chi connectivity index (χ1v) is 8.28. The van der Waals surface area contributed by atoms with Gasteiger partial charge in [0.05, 0.1) is 10.3 Å². The summed E-state index contributed by atoms with van der Waals surface area (Å²) in [6.45, 7) is 0. The van der Waals surface area contributed by atoms with Gasteiger partial charge in [-0.2, -0.15) is 0 Å². The highest BCUT2D eigenvalue weighted by molar-refractivity contribution is 7.90. The third kappa shape index (κ3) is 2.37. The second kappa shape index (κ2) is 4.80. The third-order valence-corrected chi connectivity index (χ3v) is 5.17. The van der Waals surface area contributed by atoms with Crippen LogP contribution in [0.3, 0.4) is 0 Å². The second-order valence-corrected chi connectivity index (χ2v) is 7.37. The molecule has 6 heteroatoms. The summed E-state index contributed by atoms with van der Waals surface area (Å²) < 4.78 is 23.8. The molecule has 1 N–H and O–H groups in total. The van der Waals surface area contributed by atoms with Crippen molar-refractivity contribution in [3.63, 3.8) is 0 Å². The van der Waals surface area contributed by atoms with Gasteiger partial charge in [0, 0.05) is 16.8 Å². The van der Waals surface area contributed by atoms with Crippen molar-refractivity contribution in [2.24, 2.45) is 0 Å². The van der Waals surface area contributed by atoms with Gasteiger partial charge in [-0.1, -0.05) is 30.5 Å². The van der Waals surface area contributed by atoms with E-state index < -0.39 is 21.2 Å². The number of carboxylic acid groups (broad SMARTS) is 1. The molecule has 1 aromatic rings. The minimum absolute atomic E-state index is 0.0318. The Balaban J connectivity index is 2.77. The van der Waals surface area contributed by atoms with Gasteiger partial charge in [-0.05, 0) is 25.0 Å². The molecule has 19 heavy (non-hydrogen) atoms. The first kappa shape index (κ1) is 14.3. The maximum Gasteiger partial charge on any atom is 0.314 e. The summed E-state index contributed by atoms with van der Waals surface area (Å²) in [6.07, 6.45) is 3.46. The summed E-state index contributed by atoms with van der Waals surface area (Å²) in [4.78, 5) is 11.7. The number of carbonyl (C=O) groups is 1. The van der Waals surface area contributed by atoms with Gasteiger partial charge in [-0.15, -0.1) is 0 Å². The lowest BCUT2D eigenvalue weighted by Crippen LogP contribution is -2.34. The smallest absolute Gasteiger partial charge is 0.314 e. The SMILES string of the molecule is CS(=O)(=O)c1cccc(Cl)c1C1(C(=O)O)CCCC1. The quantitative estimate of drug-likeness (QED) is 0.931. The molecule has 0 aromatic heterocycles. The van der Waals surface area contributed by atoms with Crippen LogP contribution in [0.1, 0.15) is 31.2 Å². The molecule has 4 nitrogen and oxygen atoms in total.